The largest absolute Gasteiger partial charge is 0.465 e. The summed E-state index contributed by atoms with van der Waals surface area (Å²) in [5.41, 5.74) is 3.76. The van der Waals surface area contributed by atoms with Crippen LogP contribution >= 0.6 is 0 Å². The molecule has 1 aromatic carbocycles. The van der Waals surface area contributed by atoms with Crippen LogP contribution in [0.5, 0.6) is 0 Å². The summed E-state index contributed by atoms with van der Waals surface area (Å²) in [6.45, 7) is 1.11. The molecule has 1 saturated heterocycles. The fraction of sp³-hybridized carbons (Fsp3) is 0.267. The van der Waals surface area contributed by atoms with Gasteiger partial charge in [0, 0.05) is 31.6 Å². The van der Waals surface area contributed by atoms with E-state index in [0.29, 0.717) is 49.1 Å². The molecule has 198 valence electrons. The number of ether oxygens (including phenoxy) is 1. The number of nitrogens with zero attached hydrogens (tertiary/aromatic N) is 3. The molecule has 6 rings (SSSR count). The second-order valence-corrected chi connectivity index (χ2v) is 9.60. The zero-order valence-corrected chi connectivity index (χ0v) is 21.3. The van der Waals surface area contributed by atoms with Crippen molar-refractivity contribution in [3.05, 3.63) is 89.4 Å². The maximum absolute atomic E-state index is 13.5. The van der Waals surface area contributed by atoms with Gasteiger partial charge in [0.05, 0.1) is 29.3 Å². The number of aromatic nitrogens is 1. The Labute approximate surface area is 224 Å². The van der Waals surface area contributed by atoms with E-state index in [0.717, 1.165) is 35.4 Å². The number of furan rings is 2. The number of fused-ring (bicyclic) bond motifs is 2. The van der Waals surface area contributed by atoms with Crippen molar-refractivity contribution < 1.29 is 28.0 Å². The van der Waals surface area contributed by atoms with E-state index in [9.17, 15) is 14.4 Å². The summed E-state index contributed by atoms with van der Waals surface area (Å²) < 4.78 is 16.3. The molecule has 2 aliphatic rings. The molecule has 1 aliphatic heterocycles. The van der Waals surface area contributed by atoms with Gasteiger partial charge < -0.3 is 23.4 Å². The first-order valence-electron chi connectivity index (χ1n) is 13.0. The van der Waals surface area contributed by atoms with Crippen molar-refractivity contribution in [3.8, 4) is 0 Å². The first-order chi connectivity index (χ1) is 19.1. The Bertz CT molecular complexity index is 1550. The Morgan fingerprint density at radius 1 is 0.897 bits per heavy atom. The number of esters is 1. The van der Waals surface area contributed by atoms with Gasteiger partial charge in [-0.3, -0.25) is 9.59 Å². The summed E-state index contributed by atoms with van der Waals surface area (Å²) in [7, 11) is 0. The molecule has 0 bridgehead atoms. The Morgan fingerprint density at radius 3 is 2.44 bits per heavy atom. The molecule has 0 atom stereocenters. The molecule has 0 N–H and O–H groups in total. The number of rotatable bonds is 5. The summed E-state index contributed by atoms with van der Waals surface area (Å²) in [4.78, 5) is 47.1. The summed E-state index contributed by atoms with van der Waals surface area (Å²) in [5, 5.41) is 0.706. The van der Waals surface area contributed by atoms with Gasteiger partial charge in [0.15, 0.2) is 12.4 Å². The fourth-order valence-corrected chi connectivity index (χ4v) is 5.26. The highest BCUT2D eigenvalue weighted by Gasteiger charge is 2.29. The lowest BCUT2D eigenvalue weighted by Gasteiger charge is -2.34. The van der Waals surface area contributed by atoms with Gasteiger partial charge in [-0.25, -0.2) is 9.78 Å². The lowest BCUT2D eigenvalue weighted by atomic mass is 9.86. The third-order valence-corrected chi connectivity index (χ3v) is 7.21. The Kier molecular flexibility index (Phi) is 6.71. The van der Waals surface area contributed by atoms with Gasteiger partial charge in [-0.2, -0.15) is 0 Å². The predicted molar refractivity (Wildman–Crippen MR) is 143 cm³/mol. The number of piperazine rings is 1. The zero-order valence-electron chi connectivity index (χ0n) is 21.3. The van der Waals surface area contributed by atoms with Crippen LogP contribution in [0.1, 0.15) is 50.8 Å². The van der Waals surface area contributed by atoms with Gasteiger partial charge in [0.25, 0.3) is 11.8 Å². The normalized spacial score (nSPS) is 16.4. The molecule has 0 saturated carbocycles. The molecule has 0 radical (unpaired) electrons. The number of carbonyl (C=O) groups is 3. The first kappa shape index (κ1) is 24.7. The van der Waals surface area contributed by atoms with Crippen LogP contribution in [0.25, 0.3) is 22.6 Å². The minimum absolute atomic E-state index is 0.201. The number of pyridine rings is 1. The molecule has 4 heterocycles. The van der Waals surface area contributed by atoms with Gasteiger partial charge in [0.1, 0.15) is 5.76 Å². The summed E-state index contributed by atoms with van der Waals surface area (Å²) in [6.07, 6.45) is 7.42. The summed E-state index contributed by atoms with van der Waals surface area (Å²) in [5.74, 6) is -0.0243. The molecule has 2 amide bonds. The van der Waals surface area contributed by atoms with E-state index >= 15 is 0 Å². The van der Waals surface area contributed by atoms with E-state index in [2.05, 4.69) is 0 Å². The van der Waals surface area contributed by atoms with Crippen LogP contribution in [-0.2, 0) is 16.0 Å². The number of carbonyl (C=O) groups excluding carboxylic acids is 3. The molecular formula is C30H27N3O6. The number of para-hydroxylation sites is 1. The monoisotopic (exact) mass is 525 g/mol. The van der Waals surface area contributed by atoms with Gasteiger partial charge in [0.2, 0.25) is 0 Å². The number of hydrogen-bond donors (Lipinski definition) is 0. The van der Waals surface area contributed by atoms with E-state index < -0.39 is 5.97 Å². The Balaban J connectivity index is 1.18. The second kappa shape index (κ2) is 10.6. The van der Waals surface area contributed by atoms with Gasteiger partial charge in [-0.05, 0) is 66.8 Å². The molecule has 9 heteroatoms. The van der Waals surface area contributed by atoms with Gasteiger partial charge in [-0.15, -0.1) is 0 Å². The highest BCUT2D eigenvalue weighted by molar-refractivity contribution is 6.07. The molecule has 0 spiro atoms. The van der Waals surface area contributed by atoms with Crippen molar-refractivity contribution in [1.29, 1.82) is 0 Å². The minimum Gasteiger partial charge on any atom is -0.465 e. The third kappa shape index (κ3) is 4.95. The van der Waals surface area contributed by atoms with E-state index in [-0.39, 0.29) is 24.2 Å². The predicted octanol–water partition coefficient (Wildman–Crippen LogP) is 4.44. The van der Waals surface area contributed by atoms with Crippen LogP contribution in [0, 0.1) is 0 Å². The Hall–Kier alpha value is -4.66. The van der Waals surface area contributed by atoms with Crippen LogP contribution < -0.4 is 0 Å². The van der Waals surface area contributed by atoms with Gasteiger partial charge in [-0.1, -0.05) is 18.2 Å². The average Bonchev–Trinajstić information content (AvgIpc) is 3.70. The van der Waals surface area contributed by atoms with E-state index in [4.69, 9.17) is 18.6 Å². The van der Waals surface area contributed by atoms with Crippen LogP contribution in [0.2, 0.25) is 0 Å². The standard InChI is InChI=1S/C30H27N3O6/c34-26(32-12-14-33(15-13-32)29(35)25-11-5-17-38-25)19-39-30(36)27-22-8-1-2-10-24(22)31-28-20(6-3-9-23(27)28)18-21-7-4-16-37-21/h1-2,4-5,7-8,10-11,16-18H,3,6,9,12-15,19H2/b20-18-. The summed E-state index contributed by atoms with van der Waals surface area (Å²) >= 11 is 0. The van der Waals surface area contributed by atoms with E-state index in [1.165, 1.54) is 6.26 Å². The quantitative estimate of drug-likeness (QED) is 0.355. The molecule has 1 aliphatic carbocycles. The van der Waals surface area contributed by atoms with Crippen molar-refractivity contribution in [1.82, 2.24) is 14.8 Å². The average molecular weight is 526 g/mol. The molecule has 0 unspecified atom stereocenters. The topological polar surface area (TPSA) is 106 Å². The van der Waals surface area contributed by atoms with Crippen LogP contribution in [0.15, 0.2) is 69.9 Å². The smallest absolute Gasteiger partial charge is 0.339 e. The van der Waals surface area contributed by atoms with E-state index in [1.54, 1.807) is 28.2 Å². The summed E-state index contributed by atoms with van der Waals surface area (Å²) in [6, 6.07) is 14.5. The maximum Gasteiger partial charge on any atom is 0.339 e. The van der Waals surface area contributed by atoms with Crippen molar-refractivity contribution in [2.45, 2.75) is 19.3 Å². The third-order valence-electron chi connectivity index (χ3n) is 7.21. The van der Waals surface area contributed by atoms with Crippen molar-refractivity contribution >= 4 is 40.3 Å². The minimum atomic E-state index is -0.538. The molecule has 1 fully saturated rings. The molecular weight excluding hydrogens is 498 g/mol. The Morgan fingerprint density at radius 2 is 1.67 bits per heavy atom. The van der Waals surface area contributed by atoms with Gasteiger partial charge >= 0.3 is 5.97 Å². The fourth-order valence-electron chi connectivity index (χ4n) is 5.26. The van der Waals surface area contributed by atoms with Crippen LogP contribution in [0.3, 0.4) is 0 Å². The molecule has 39 heavy (non-hydrogen) atoms. The second-order valence-electron chi connectivity index (χ2n) is 9.60. The SMILES string of the molecule is O=C(OCC(=O)N1CCN(C(=O)c2ccco2)CC1)c1c2c(nc3ccccc13)/C(=C\c1ccco1)CCC2. The number of hydrogen-bond acceptors (Lipinski definition) is 7. The van der Waals surface area contributed by atoms with Crippen molar-refractivity contribution in [2.75, 3.05) is 32.8 Å². The van der Waals surface area contributed by atoms with Crippen molar-refractivity contribution in [3.63, 3.8) is 0 Å². The molecule has 3 aromatic heterocycles. The van der Waals surface area contributed by atoms with Crippen molar-refractivity contribution in [2.24, 2.45) is 0 Å². The van der Waals surface area contributed by atoms with E-state index in [1.807, 2.05) is 42.5 Å². The lowest BCUT2D eigenvalue weighted by Crippen LogP contribution is -2.51. The zero-order chi connectivity index (χ0) is 26.8. The first-order valence-corrected chi connectivity index (χ1v) is 13.0. The number of allylic oxidation sites excluding steroid dienone is 1. The van der Waals surface area contributed by atoms with Crippen LogP contribution in [-0.4, -0.2) is 65.4 Å². The highest BCUT2D eigenvalue weighted by Crippen LogP contribution is 2.36. The highest BCUT2D eigenvalue weighted by atomic mass is 16.5. The van der Waals surface area contributed by atoms with Crippen LogP contribution in [0.4, 0.5) is 0 Å². The number of benzene rings is 1. The molecule has 4 aromatic rings. The lowest BCUT2D eigenvalue weighted by molar-refractivity contribution is -0.136. The number of amides is 2. The maximum atomic E-state index is 13.5. The molecule has 9 nitrogen and oxygen atoms in total.